The summed E-state index contributed by atoms with van der Waals surface area (Å²) in [5, 5.41) is 0.958. The lowest BCUT2D eigenvalue weighted by atomic mass is 10.2. The Labute approximate surface area is 160 Å². The molecule has 0 saturated carbocycles. The van der Waals surface area contributed by atoms with Crippen molar-refractivity contribution >= 4 is 39.9 Å². The van der Waals surface area contributed by atoms with Gasteiger partial charge in [-0.1, -0.05) is 53.5 Å². The Morgan fingerprint density at radius 1 is 0.962 bits per heavy atom. The minimum Gasteiger partial charge on any atom is -0.487 e. The lowest BCUT2D eigenvalue weighted by Gasteiger charge is -2.10. The summed E-state index contributed by atoms with van der Waals surface area (Å²) in [6, 6.07) is 19.0. The Hall–Kier alpha value is -2.69. The van der Waals surface area contributed by atoms with Gasteiger partial charge in [0.15, 0.2) is 0 Å². The summed E-state index contributed by atoms with van der Waals surface area (Å²) in [5.74, 6) is 1.33. The molecule has 0 aliphatic rings. The highest BCUT2D eigenvalue weighted by Crippen LogP contribution is 2.31. The van der Waals surface area contributed by atoms with Gasteiger partial charge in [-0.25, -0.2) is 4.98 Å². The minimum absolute atomic E-state index is 0.464. The average molecular weight is 384 g/mol. The number of imidazole rings is 1. The lowest BCUT2D eigenvalue weighted by molar-refractivity contribution is 0.308. The zero-order valence-electron chi connectivity index (χ0n) is 13.7. The molecule has 4 aromatic rings. The largest absolute Gasteiger partial charge is 0.487 e. The van der Waals surface area contributed by atoms with Crippen LogP contribution in [0.3, 0.4) is 0 Å². The number of nitrogens with two attached hydrogens (primary N) is 1. The highest BCUT2D eigenvalue weighted by molar-refractivity contribution is 6.42. The van der Waals surface area contributed by atoms with Crippen LogP contribution in [0.1, 0.15) is 5.56 Å². The van der Waals surface area contributed by atoms with E-state index in [1.165, 1.54) is 0 Å². The van der Waals surface area contributed by atoms with E-state index < -0.39 is 0 Å². The van der Waals surface area contributed by atoms with Crippen LogP contribution in [0.2, 0.25) is 10.0 Å². The van der Waals surface area contributed by atoms with Crippen LogP contribution in [0.15, 0.2) is 60.7 Å². The van der Waals surface area contributed by atoms with Gasteiger partial charge in [0.05, 0.1) is 26.8 Å². The fraction of sp³-hybridized carbons (Fsp3) is 0.0500. The van der Waals surface area contributed by atoms with Crippen LogP contribution >= 0.6 is 23.2 Å². The second-order valence-corrected chi connectivity index (χ2v) is 6.71. The highest BCUT2D eigenvalue weighted by atomic mass is 35.5. The number of ether oxygens (including phenoxy) is 1. The number of nitrogens with zero attached hydrogens (tertiary/aromatic N) is 1. The average Bonchev–Trinajstić information content (AvgIpc) is 3.04. The number of benzene rings is 3. The van der Waals surface area contributed by atoms with Crippen molar-refractivity contribution < 1.29 is 4.74 Å². The van der Waals surface area contributed by atoms with E-state index in [4.69, 9.17) is 33.7 Å². The number of nitrogens with one attached hydrogen (secondary N) is 1. The smallest absolute Gasteiger partial charge is 0.142 e. The molecule has 3 aromatic carbocycles. The Morgan fingerprint density at radius 2 is 1.73 bits per heavy atom. The third-order valence-corrected chi connectivity index (χ3v) is 4.77. The normalized spacial score (nSPS) is 11.0. The summed E-state index contributed by atoms with van der Waals surface area (Å²) in [6.45, 7) is 0.464. The quantitative estimate of drug-likeness (QED) is 0.444. The number of hydrogen-bond donors (Lipinski definition) is 2. The first-order valence-electron chi connectivity index (χ1n) is 8.01. The van der Waals surface area contributed by atoms with Crippen molar-refractivity contribution in [2.24, 2.45) is 0 Å². The number of H-pyrrole nitrogens is 1. The number of fused-ring (bicyclic) bond motifs is 1. The number of aromatic nitrogens is 2. The molecular weight excluding hydrogens is 369 g/mol. The van der Waals surface area contributed by atoms with Gasteiger partial charge in [-0.3, -0.25) is 0 Å². The van der Waals surface area contributed by atoms with E-state index in [0.29, 0.717) is 33.9 Å². The maximum absolute atomic E-state index is 6.16. The molecule has 0 atom stereocenters. The number of halogens is 2. The first-order chi connectivity index (χ1) is 12.6. The molecule has 0 fully saturated rings. The SMILES string of the molecule is Nc1cc(-c2nc3cc(Cl)c(Cl)cc3[nH]2)ccc1OCc1ccccc1. The zero-order chi connectivity index (χ0) is 18.1. The third kappa shape index (κ3) is 3.34. The van der Waals surface area contributed by atoms with Crippen LogP contribution < -0.4 is 10.5 Å². The van der Waals surface area contributed by atoms with Gasteiger partial charge in [0.25, 0.3) is 0 Å². The molecule has 0 unspecified atom stereocenters. The number of anilines is 1. The zero-order valence-corrected chi connectivity index (χ0v) is 15.2. The van der Waals surface area contributed by atoms with Crippen LogP contribution in [0.4, 0.5) is 5.69 Å². The summed E-state index contributed by atoms with van der Waals surface area (Å²) in [4.78, 5) is 7.79. The molecule has 4 rings (SSSR count). The molecule has 4 nitrogen and oxygen atoms in total. The van der Waals surface area contributed by atoms with Gasteiger partial charge in [-0.2, -0.15) is 0 Å². The summed E-state index contributed by atoms with van der Waals surface area (Å²) in [6.07, 6.45) is 0. The molecule has 130 valence electrons. The predicted molar refractivity (Wildman–Crippen MR) is 107 cm³/mol. The molecule has 26 heavy (non-hydrogen) atoms. The Bertz CT molecular complexity index is 1040. The van der Waals surface area contributed by atoms with Crippen molar-refractivity contribution in [3.8, 4) is 17.1 Å². The van der Waals surface area contributed by atoms with E-state index in [1.54, 1.807) is 12.1 Å². The van der Waals surface area contributed by atoms with E-state index in [1.807, 2.05) is 48.5 Å². The predicted octanol–water partition coefficient (Wildman–Crippen LogP) is 5.70. The number of rotatable bonds is 4. The van der Waals surface area contributed by atoms with Crippen LogP contribution in [0.25, 0.3) is 22.4 Å². The van der Waals surface area contributed by atoms with Gasteiger partial charge in [0.1, 0.15) is 18.2 Å². The summed E-state index contributed by atoms with van der Waals surface area (Å²) >= 11 is 12.1. The summed E-state index contributed by atoms with van der Waals surface area (Å²) in [5.41, 5.74) is 10.2. The summed E-state index contributed by atoms with van der Waals surface area (Å²) < 4.78 is 5.81. The molecule has 0 aliphatic heterocycles. The molecule has 0 amide bonds. The lowest BCUT2D eigenvalue weighted by Crippen LogP contribution is -1.99. The highest BCUT2D eigenvalue weighted by Gasteiger charge is 2.10. The van der Waals surface area contributed by atoms with E-state index >= 15 is 0 Å². The monoisotopic (exact) mass is 383 g/mol. The molecule has 1 aromatic heterocycles. The van der Waals surface area contributed by atoms with Crippen LogP contribution in [0.5, 0.6) is 5.75 Å². The Kier molecular flexibility index (Phi) is 4.45. The van der Waals surface area contributed by atoms with E-state index in [-0.39, 0.29) is 0 Å². The molecule has 0 bridgehead atoms. The van der Waals surface area contributed by atoms with Crippen molar-refractivity contribution in [3.63, 3.8) is 0 Å². The fourth-order valence-corrected chi connectivity index (χ4v) is 3.03. The molecule has 6 heteroatoms. The van der Waals surface area contributed by atoms with Crippen molar-refractivity contribution in [3.05, 3.63) is 76.3 Å². The standard InChI is InChI=1S/C20H15Cl2N3O/c21-14-9-17-18(10-15(14)22)25-20(24-17)13-6-7-19(16(23)8-13)26-11-12-4-2-1-3-5-12/h1-10H,11,23H2,(H,24,25). The van der Waals surface area contributed by atoms with Crippen LogP contribution in [0, 0.1) is 0 Å². The second-order valence-electron chi connectivity index (χ2n) is 5.90. The van der Waals surface area contributed by atoms with Gasteiger partial charge in [-0.15, -0.1) is 0 Å². The van der Waals surface area contributed by atoms with Gasteiger partial charge in [0.2, 0.25) is 0 Å². The molecule has 0 saturated heterocycles. The van der Waals surface area contributed by atoms with E-state index in [0.717, 1.165) is 22.2 Å². The van der Waals surface area contributed by atoms with E-state index in [2.05, 4.69) is 9.97 Å². The number of hydrogen-bond acceptors (Lipinski definition) is 3. The Morgan fingerprint density at radius 3 is 2.50 bits per heavy atom. The van der Waals surface area contributed by atoms with Crippen LogP contribution in [-0.4, -0.2) is 9.97 Å². The number of aromatic amines is 1. The van der Waals surface area contributed by atoms with Gasteiger partial charge < -0.3 is 15.5 Å². The van der Waals surface area contributed by atoms with Crippen molar-refractivity contribution in [1.82, 2.24) is 9.97 Å². The first-order valence-corrected chi connectivity index (χ1v) is 8.77. The molecule has 3 N–H and O–H groups in total. The topological polar surface area (TPSA) is 63.9 Å². The molecular formula is C20H15Cl2N3O. The fourth-order valence-electron chi connectivity index (χ4n) is 2.70. The number of nitrogen functional groups attached to an aromatic ring is 1. The first kappa shape index (κ1) is 16.8. The second kappa shape index (κ2) is 6.90. The van der Waals surface area contributed by atoms with Crippen molar-refractivity contribution in [1.29, 1.82) is 0 Å². The van der Waals surface area contributed by atoms with Gasteiger partial charge in [0, 0.05) is 5.56 Å². The molecule has 0 radical (unpaired) electrons. The Balaban J connectivity index is 1.59. The van der Waals surface area contributed by atoms with Crippen molar-refractivity contribution in [2.45, 2.75) is 6.61 Å². The van der Waals surface area contributed by atoms with Crippen molar-refractivity contribution in [2.75, 3.05) is 5.73 Å². The maximum atomic E-state index is 6.16. The van der Waals surface area contributed by atoms with Gasteiger partial charge >= 0.3 is 0 Å². The summed E-state index contributed by atoms with van der Waals surface area (Å²) in [7, 11) is 0. The molecule has 1 heterocycles. The molecule has 0 aliphatic carbocycles. The van der Waals surface area contributed by atoms with Gasteiger partial charge in [-0.05, 0) is 35.9 Å². The molecule has 0 spiro atoms. The van der Waals surface area contributed by atoms with E-state index in [9.17, 15) is 0 Å². The van der Waals surface area contributed by atoms with Crippen LogP contribution in [-0.2, 0) is 6.61 Å². The minimum atomic E-state index is 0.464. The third-order valence-electron chi connectivity index (χ3n) is 4.04. The maximum Gasteiger partial charge on any atom is 0.142 e.